The zero-order valence-corrected chi connectivity index (χ0v) is 19.6. The van der Waals surface area contributed by atoms with Crippen LogP contribution in [0, 0.1) is 0 Å². The Labute approximate surface area is 177 Å². The molecule has 2 heterocycles. The van der Waals surface area contributed by atoms with Gasteiger partial charge in [0.25, 0.3) is 0 Å². The van der Waals surface area contributed by atoms with Gasteiger partial charge in [0.05, 0.1) is 17.4 Å². The highest BCUT2D eigenvalue weighted by molar-refractivity contribution is 5.79. The van der Waals surface area contributed by atoms with Crippen LogP contribution < -0.4 is 15.5 Å². The highest BCUT2D eigenvalue weighted by Gasteiger charge is 2.27. The molecule has 0 aliphatic carbocycles. The second kappa shape index (κ2) is 14.6. The van der Waals surface area contributed by atoms with Gasteiger partial charge in [-0.3, -0.25) is 0 Å². The van der Waals surface area contributed by atoms with Crippen molar-refractivity contribution in [2.24, 2.45) is 0 Å². The van der Waals surface area contributed by atoms with Crippen LogP contribution in [-0.2, 0) is 0 Å². The van der Waals surface area contributed by atoms with E-state index in [1.165, 1.54) is 0 Å². The number of nitrogens with zero attached hydrogens (tertiary/aromatic N) is 3. The average Bonchev–Trinajstić information content (AvgIpc) is 2.79. The molecule has 0 saturated heterocycles. The van der Waals surface area contributed by atoms with Gasteiger partial charge < -0.3 is 20.6 Å². The van der Waals surface area contributed by atoms with Crippen molar-refractivity contribution in [1.29, 1.82) is 0 Å². The summed E-state index contributed by atoms with van der Waals surface area (Å²) in [5.74, 6) is 0.965. The van der Waals surface area contributed by atoms with Crippen LogP contribution >= 0.6 is 0 Å². The highest BCUT2D eigenvalue weighted by atomic mass is 16.3. The fraction of sp³-hybridized carbons (Fsp3) is 0.565. The minimum absolute atomic E-state index is 0.183. The molecule has 1 unspecified atom stereocenters. The van der Waals surface area contributed by atoms with E-state index in [1.807, 2.05) is 53.7 Å². The zero-order chi connectivity index (χ0) is 22.4. The third-order valence-electron chi connectivity index (χ3n) is 4.54. The molecule has 2 rings (SSSR count). The lowest BCUT2D eigenvalue weighted by atomic mass is 10.0. The largest absolute Gasteiger partial charge is 0.507 e. The Hall–Kier alpha value is -2.34. The van der Waals surface area contributed by atoms with Gasteiger partial charge in [-0.2, -0.15) is 0 Å². The van der Waals surface area contributed by atoms with Gasteiger partial charge in [0.1, 0.15) is 5.76 Å². The topological polar surface area (TPSA) is 73.3 Å². The molecule has 6 heteroatoms. The van der Waals surface area contributed by atoms with E-state index in [4.69, 9.17) is 0 Å². The quantitative estimate of drug-likeness (QED) is 0.430. The number of fused-ring (bicyclic) bond motifs is 1. The summed E-state index contributed by atoms with van der Waals surface area (Å²) in [7, 11) is 0. The molecule has 0 fully saturated rings. The van der Waals surface area contributed by atoms with E-state index in [0.29, 0.717) is 17.3 Å². The lowest BCUT2D eigenvalue weighted by Gasteiger charge is -2.38. The number of hydrogen-bond donors (Lipinski definition) is 3. The van der Waals surface area contributed by atoms with Gasteiger partial charge >= 0.3 is 0 Å². The molecule has 164 valence electrons. The lowest BCUT2D eigenvalue weighted by Crippen LogP contribution is -2.49. The summed E-state index contributed by atoms with van der Waals surface area (Å²) in [5, 5.41) is 25.9. The molecule has 1 atom stereocenters. The Morgan fingerprint density at radius 1 is 1.31 bits per heavy atom. The first-order valence-electron chi connectivity index (χ1n) is 10.9. The van der Waals surface area contributed by atoms with E-state index in [2.05, 4.69) is 46.2 Å². The van der Waals surface area contributed by atoms with Crippen molar-refractivity contribution in [3.05, 3.63) is 41.8 Å². The van der Waals surface area contributed by atoms with Crippen LogP contribution in [0.15, 0.2) is 36.1 Å². The monoisotopic (exact) mass is 403 g/mol. The van der Waals surface area contributed by atoms with E-state index < -0.39 is 0 Å². The maximum absolute atomic E-state index is 10.5. The van der Waals surface area contributed by atoms with E-state index >= 15 is 0 Å². The molecule has 3 N–H and O–H groups in total. The Morgan fingerprint density at radius 2 is 1.97 bits per heavy atom. The molecule has 6 nitrogen and oxygen atoms in total. The minimum atomic E-state index is 0.183. The fourth-order valence-electron chi connectivity index (χ4n) is 2.97. The number of nitrogens with one attached hydrogen (secondary N) is 2. The SMILES string of the molecule is C=C/C(=C(O)\C(C)=C/C)c1cc2c(nn1)NCC(CNCC)N2CC.CC.CC. The summed E-state index contributed by atoms with van der Waals surface area (Å²) in [5.41, 5.74) is 3.00. The number of aromatic nitrogens is 2. The van der Waals surface area contributed by atoms with Crippen molar-refractivity contribution in [2.45, 2.75) is 61.4 Å². The second-order valence-corrected chi connectivity index (χ2v) is 6.03. The molecule has 1 aromatic heterocycles. The van der Waals surface area contributed by atoms with Gasteiger partial charge in [0.15, 0.2) is 5.82 Å². The first kappa shape index (κ1) is 26.7. The van der Waals surface area contributed by atoms with Crippen molar-refractivity contribution in [3.63, 3.8) is 0 Å². The summed E-state index contributed by atoms with van der Waals surface area (Å²) >= 11 is 0. The molecular weight excluding hydrogens is 362 g/mol. The molecule has 1 aliphatic heterocycles. The smallest absolute Gasteiger partial charge is 0.172 e. The number of hydrogen-bond acceptors (Lipinski definition) is 6. The standard InChI is InChI=1S/C19H29N5O.2C2H6/c1-6-13(5)18(25)15(7-2)16-10-17-19(23-22-16)21-12-14(11-20-8-3)24(17)9-4;2*1-2/h6-7,10,14,20,25H,2,8-9,11-12H2,1,3-5H3,(H,21,23);2*1-2H3/b13-6-,18-15-;;. The van der Waals surface area contributed by atoms with Crippen LogP contribution in [0.5, 0.6) is 0 Å². The molecule has 0 spiro atoms. The Kier molecular flexibility index (Phi) is 13.4. The number of aliphatic hydroxyl groups is 1. The molecule has 0 radical (unpaired) electrons. The van der Waals surface area contributed by atoms with Crippen LogP contribution in [0.3, 0.4) is 0 Å². The van der Waals surface area contributed by atoms with E-state index in [9.17, 15) is 5.11 Å². The fourth-order valence-corrected chi connectivity index (χ4v) is 2.97. The first-order chi connectivity index (χ1) is 14.1. The van der Waals surface area contributed by atoms with Crippen molar-refractivity contribution in [2.75, 3.05) is 36.4 Å². The third kappa shape index (κ3) is 6.89. The van der Waals surface area contributed by atoms with Crippen LogP contribution in [0.25, 0.3) is 5.57 Å². The molecule has 0 bridgehead atoms. The third-order valence-corrected chi connectivity index (χ3v) is 4.54. The highest BCUT2D eigenvalue weighted by Crippen LogP contribution is 2.32. The van der Waals surface area contributed by atoms with Crippen molar-refractivity contribution < 1.29 is 5.11 Å². The summed E-state index contributed by atoms with van der Waals surface area (Å²) in [6.45, 7) is 23.4. The lowest BCUT2D eigenvalue weighted by molar-refractivity contribution is 0.426. The normalized spacial score (nSPS) is 16.2. The first-order valence-corrected chi connectivity index (χ1v) is 10.9. The van der Waals surface area contributed by atoms with Gasteiger partial charge in [0, 0.05) is 25.2 Å². The van der Waals surface area contributed by atoms with Crippen LogP contribution in [0.1, 0.15) is 61.1 Å². The average molecular weight is 404 g/mol. The number of rotatable bonds is 7. The Balaban J connectivity index is 0.00000184. The molecular formula is C23H41N5O. The summed E-state index contributed by atoms with van der Waals surface area (Å²) in [6.07, 6.45) is 3.48. The Bertz CT molecular complexity index is 682. The number of aliphatic hydroxyl groups excluding tert-OH is 1. The second-order valence-electron chi connectivity index (χ2n) is 6.03. The van der Waals surface area contributed by atoms with Crippen LogP contribution in [-0.4, -0.2) is 47.5 Å². The van der Waals surface area contributed by atoms with Crippen molar-refractivity contribution in [1.82, 2.24) is 15.5 Å². The predicted molar refractivity (Wildman–Crippen MR) is 128 cm³/mol. The van der Waals surface area contributed by atoms with Crippen LogP contribution in [0.2, 0.25) is 0 Å². The minimum Gasteiger partial charge on any atom is -0.507 e. The molecule has 1 aromatic rings. The maximum Gasteiger partial charge on any atom is 0.172 e. The van der Waals surface area contributed by atoms with Gasteiger partial charge in [-0.1, -0.05) is 53.3 Å². The van der Waals surface area contributed by atoms with Gasteiger partial charge in [-0.05, 0) is 39.0 Å². The number of allylic oxidation sites excluding steroid dienone is 4. The zero-order valence-electron chi connectivity index (χ0n) is 19.6. The van der Waals surface area contributed by atoms with Gasteiger partial charge in [0.2, 0.25) is 0 Å². The molecule has 0 saturated carbocycles. The molecule has 1 aliphatic rings. The Morgan fingerprint density at radius 3 is 2.48 bits per heavy atom. The predicted octanol–water partition coefficient (Wildman–Crippen LogP) is 5.18. The molecule has 29 heavy (non-hydrogen) atoms. The number of anilines is 2. The van der Waals surface area contributed by atoms with E-state index in [1.54, 1.807) is 6.08 Å². The maximum atomic E-state index is 10.5. The molecule has 0 aromatic carbocycles. The van der Waals surface area contributed by atoms with Crippen LogP contribution in [0.4, 0.5) is 11.5 Å². The van der Waals surface area contributed by atoms with Crippen molar-refractivity contribution >= 4 is 17.1 Å². The van der Waals surface area contributed by atoms with E-state index in [-0.39, 0.29) is 5.76 Å². The summed E-state index contributed by atoms with van der Waals surface area (Å²) < 4.78 is 0. The van der Waals surface area contributed by atoms with Gasteiger partial charge in [-0.25, -0.2) is 0 Å². The number of likely N-dealkylation sites (N-methyl/N-ethyl adjacent to an activating group) is 2. The summed E-state index contributed by atoms with van der Waals surface area (Å²) in [4.78, 5) is 2.33. The van der Waals surface area contributed by atoms with E-state index in [0.717, 1.165) is 43.3 Å². The van der Waals surface area contributed by atoms with Crippen molar-refractivity contribution in [3.8, 4) is 0 Å². The molecule has 0 amide bonds. The summed E-state index contributed by atoms with van der Waals surface area (Å²) in [6, 6.07) is 2.32. The van der Waals surface area contributed by atoms with Gasteiger partial charge in [-0.15, -0.1) is 10.2 Å².